The molecule has 2 aromatic carbocycles. The summed E-state index contributed by atoms with van der Waals surface area (Å²) in [7, 11) is 1.60. The van der Waals surface area contributed by atoms with Gasteiger partial charge in [0.05, 0.1) is 12.7 Å². The third kappa shape index (κ3) is 2.14. The first-order chi connectivity index (χ1) is 11.2. The van der Waals surface area contributed by atoms with Gasteiger partial charge in [-0.25, -0.2) is 0 Å². The van der Waals surface area contributed by atoms with E-state index in [2.05, 4.69) is 13.2 Å². The molecule has 23 heavy (non-hydrogen) atoms. The highest BCUT2D eigenvalue weighted by Gasteiger charge is 2.43. The first kappa shape index (κ1) is 15.3. The molecule has 2 aromatic rings. The lowest BCUT2D eigenvalue weighted by atomic mass is 9.62. The van der Waals surface area contributed by atoms with Gasteiger partial charge in [-0.1, -0.05) is 48.6 Å². The van der Waals surface area contributed by atoms with E-state index in [1.807, 2.05) is 54.6 Å². The quantitative estimate of drug-likeness (QED) is 0.750. The van der Waals surface area contributed by atoms with Gasteiger partial charge in [0.15, 0.2) is 5.78 Å². The molecule has 0 bridgehead atoms. The van der Waals surface area contributed by atoms with E-state index in [0.717, 1.165) is 29.5 Å². The highest BCUT2D eigenvalue weighted by Crippen LogP contribution is 2.48. The lowest BCUT2D eigenvalue weighted by molar-refractivity contribution is 0.102. The first-order valence-corrected chi connectivity index (χ1v) is 7.73. The third-order valence-corrected chi connectivity index (χ3v) is 4.66. The Balaban J connectivity index is 2.41. The van der Waals surface area contributed by atoms with Gasteiger partial charge in [0.2, 0.25) is 0 Å². The number of carbonyl (C=O) groups is 1. The predicted molar refractivity (Wildman–Crippen MR) is 93.3 cm³/mol. The number of methoxy groups -OCH3 is 1. The number of ketones is 1. The van der Waals surface area contributed by atoms with Crippen LogP contribution in [0.25, 0.3) is 0 Å². The molecule has 0 unspecified atom stereocenters. The molecule has 0 spiro atoms. The number of fused-ring (bicyclic) bond motifs is 2. The monoisotopic (exact) mass is 304 g/mol. The van der Waals surface area contributed by atoms with Gasteiger partial charge in [0.25, 0.3) is 0 Å². The minimum Gasteiger partial charge on any atom is -0.496 e. The summed E-state index contributed by atoms with van der Waals surface area (Å²) in [4.78, 5) is 13.1. The molecule has 0 saturated carbocycles. The van der Waals surface area contributed by atoms with Gasteiger partial charge in [-0.15, -0.1) is 13.2 Å². The summed E-state index contributed by atoms with van der Waals surface area (Å²) < 4.78 is 5.48. The van der Waals surface area contributed by atoms with Gasteiger partial charge in [0, 0.05) is 11.0 Å². The Morgan fingerprint density at radius 2 is 1.65 bits per heavy atom. The Bertz CT molecular complexity index is 776. The van der Waals surface area contributed by atoms with Gasteiger partial charge < -0.3 is 4.74 Å². The van der Waals surface area contributed by atoms with Crippen LogP contribution in [0.1, 0.15) is 39.9 Å². The minimum atomic E-state index is -0.322. The van der Waals surface area contributed by atoms with E-state index < -0.39 is 0 Å². The molecule has 2 heteroatoms. The summed E-state index contributed by atoms with van der Waals surface area (Å²) in [6.45, 7) is 7.88. The van der Waals surface area contributed by atoms with Gasteiger partial charge >= 0.3 is 0 Å². The topological polar surface area (TPSA) is 26.3 Å². The number of rotatable bonds is 5. The van der Waals surface area contributed by atoms with E-state index in [-0.39, 0.29) is 11.2 Å². The summed E-state index contributed by atoms with van der Waals surface area (Å²) in [6.07, 6.45) is 5.31. The van der Waals surface area contributed by atoms with E-state index in [0.29, 0.717) is 11.3 Å². The van der Waals surface area contributed by atoms with Crippen LogP contribution in [0.2, 0.25) is 0 Å². The van der Waals surface area contributed by atoms with Gasteiger partial charge in [0.1, 0.15) is 5.75 Å². The van der Waals surface area contributed by atoms with E-state index in [4.69, 9.17) is 4.74 Å². The fourth-order valence-corrected chi connectivity index (χ4v) is 3.73. The number of allylic oxidation sites excluding steroid dienone is 2. The standard InChI is InChI=1S/C21H20O2/c1-4-13-21(14-5-2)16-10-7-6-9-15(16)20(22)19-17(21)11-8-12-18(19)23-3/h4-12H,1-2,13-14H2,3H3. The number of carbonyl (C=O) groups excluding carboxylic acids is 1. The van der Waals surface area contributed by atoms with Crippen molar-refractivity contribution in [3.63, 3.8) is 0 Å². The molecule has 0 fully saturated rings. The zero-order chi connectivity index (χ0) is 16.4. The van der Waals surface area contributed by atoms with Crippen molar-refractivity contribution >= 4 is 5.78 Å². The predicted octanol–water partition coefficient (Wildman–Crippen LogP) is 4.68. The highest BCUT2D eigenvalue weighted by atomic mass is 16.5. The molecule has 1 aliphatic rings. The Kier molecular flexibility index (Phi) is 3.91. The maximum Gasteiger partial charge on any atom is 0.197 e. The summed E-state index contributed by atoms with van der Waals surface area (Å²) in [6, 6.07) is 13.6. The van der Waals surface area contributed by atoms with E-state index in [9.17, 15) is 4.79 Å². The fraction of sp³-hybridized carbons (Fsp3) is 0.190. The molecule has 0 saturated heterocycles. The largest absolute Gasteiger partial charge is 0.496 e. The molecular formula is C21H20O2. The Labute approximate surface area is 137 Å². The van der Waals surface area contributed by atoms with Crippen molar-refractivity contribution in [3.05, 3.63) is 90.0 Å². The zero-order valence-electron chi connectivity index (χ0n) is 13.3. The van der Waals surface area contributed by atoms with Crippen LogP contribution >= 0.6 is 0 Å². The second kappa shape index (κ2) is 5.88. The lowest BCUT2D eigenvalue weighted by Crippen LogP contribution is -2.35. The maximum atomic E-state index is 13.1. The second-order valence-corrected chi connectivity index (χ2v) is 5.83. The minimum absolute atomic E-state index is 0.0248. The smallest absolute Gasteiger partial charge is 0.197 e. The molecule has 0 atom stereocenters. The van der Waals surface area contributed by atoms with Gasteiger partial charge in [-0.05, 0) is 30.0 Å². The summed E-state index contributed by atoms with van der Waals surface area (Å²) in [5, 5.41) is 0. The van der Waals surface area contributed by atoms with Crippen molar-refractivity contribution < 1.29 is 9.53 Å². The molecule has 0 N–H and O–H groups in total. The van der Waals surface area contributed by atoms with Gasteiger partial charge in [-0.2, -0.15) is 0 Å². The summed E-state index contributed by atoms with van der Waals surface area (Å²) >= 11 is 0. The van der Waals surface area contributed by atoms with Crippen LogP contribution in [0.4, 0.5) is 0 Å². The third-order valence-electron chi connectivity index (χ3n) is 4.66. The van der Waals surface area contributed by atoms with Crippen molar-refractivity contribution in [2.75, 3.05) is 7.11 Å². The first-order valence-electron chi connectivity index (χ1n) is 7.73. The normalized spacial score (nSPS) is 14.6. The van der Waals surface area contributed by atoms with Crippen molar-refractivity contribution in [1.82, 2.24) is 0 Å². The molecule has 116 valence electrons. The van der Waals surface area contributed by atoms with E-state index in [1.54, 1.807) is 7.11 Å². The molecular weight excluding hydrogens is 284 g/mol. The van der Waals surface area contributed by atoms with E-state index >= 15 is 0 Å². The number of ether oxygens (including phenoxy) is 1. The van der Waals surface area contributed by atoms with Gasteiger partial charge in [-0.3, -0.25) is 4.79 Å². The lowest BCUT2D eigenvalue weighted by Gasteiger charge is -2.39. The Hall–Kier alpha value is -2.61. The molecule has 0 radical (unpaired) electrons. The van der Waals surface area contributed by atoms with Crippen LogP contribution < -0.4 is 4.74 Å². The summed E-state index contributed by atoms with van der Waals surface area (Å²) in [5.41, 5.74) is 3.13. The van der Waals surface area contributed by atoms with Crippen LogP contribution in [0, 0.1) is 0 Å². The number of hydrogen-bond acceptors (Lipinski definition) is 2. The summed E-state index contributed by atoms with van der Waals surface area (Å²) in [5.74, 6) is 0.649. The molecule has 0 aliphatic heterocycles. The molecule has 1 aliphatic carbocycles. The second-order valence-electron chi connectivity index (χ2n) is 5.83. The van der Waals surface area contributed by atoms with Crippen LogP contribution in [0.5, 0.6) is 5.75 Å². The molecule has 0 heterocycles. The van der Waals surface area contributed by atoms with Crippen molar-refractivity contribution in [3.8, 4) is 5.75 Å². The molecule has 3 rings (SSSR count). The van der Waals surface area contributed by atoms with Crippen molar-refractivity contribution in [2.24, 2.45) is 0 Å². The average molecular weight is 304 g/mol. The van der Waals surface area contributed by atoms with Crippen LogP contribution in [-0.2, 0) is 5.41 Å². The van der Waals surface area contributed by atoms with E-state index in [1.165, 1.54) is 0 Å². The van der Waals surface area contributed by atoms with Crippen molar-refractivity contribution in [2.45, 2.75) is 18.3 Å². The number of hydrogen-bond donors (Lipinski definition) is 0. The number of benzene rings is 2. The maximum absolute atomic E-state index is 13.1. The molecule has 2 nitrogen and oxygen atoms in total. The van der Waals surface area contributed by atoms with Crippen LogP contribution in [0.3, 0.4) is 0 Å². The molecule has 0 aromatic heterocycles. The Morgan fingerprint density at radius 1 is 1.00 bits per heavy atom. The Morgan fingerprint density at radius 3 is 2.30 bits per heavy atom. The average Bonchev–Trinajstić information content (AvgIpc) is 2.59. The molecule has 0 amide bonds. The highest BCUT2D eigenvalue weighted by molar-refractivity contribution is 6.14. The van der Waals surface area contributed by atoms with Crippen molar-refractivity contribution in [1.29, 1.82) is 0 Å². The SMILES string of the molecule is C=CCC1(CC=C)c2ccccc2C(=O)c2c(OC)cccc21. The zero-order valence-corrected chi connectivity index (χ0v) is 13.3. The fourth-order valence-electron chi connectivity index (χ4n) is 3.73. The van der Waals surface area contributed by atoms with Crippen LogP contribution in [0.15, 0.2) is 67.8 Å². The van der Waals surface area contributed by atoms with Crippen LogP contribution in [-0.4, -0.2) is 12.9 Å².